The second-order valence-electron chi connectivity index (χ2n) is 6.69. The number of carbonyl (C=O) groups is 1. The van der Waals surface area contributed by atoms with Gasteiger partial charge in [0.1, 0.15) is 0 Å². The molecular weight excluding hydrogens is 405 g/mol. The summed E-state index contributed by atoms with van der Waals surface area (Å²) in [6.45, 7) is 0. The minimum absolute atomic E-state index is 0.174. The zero-order chi connectivity index (χ0) is 20.0. The van der Waals surface area contributed by atoms with Gasteiger partial charge in [-0.05, 0) is 57.4 Å². The second-order valence-corrected chi connectivity index (χ2v) is 7.54. The van der Waals surface area contributed by atoms with Gasteiger partial charge in [-0.25, -0.2) is 9.79 Å². The summed E-state index contributed by atoms with van der Waals surface area (Å²) >= 11 is 12.2. The summed E-state index contributed by atoms with van der Waals surface area (Å²) in [5.41, 5.74) is 1.68. The Hall–Kier alpha value is -3.14. The predicted octanol–water partition coefficient (Wildman–Crippen LogP) is 6.64. The molecule has 0 fully saturated rings. The number of ether oxygens (including phenoxy) is 1. The van der Waals surface area contributed by atoms with Gasteiger partial charge in [-0.3, -0.25) is 0 Å². The number of esters is 1. The van der Waals surface area contributed by atoms with Crippen LogP contribution >= 0.6 is 23.2 Å². The van der Waals surface area contributed by atoms with E-state index in [9.17, 15) is 4.79 Å². The van der Waals surface area contributed by atoms with Crippen LogP contribution in [0.5, 0.6) is 0 Å². The first-order valence-corrected chi connectivity index (χ1v) is 9.74. The molecule has 1 aliphatic rings. The second kappa shape index (κ2) is 7.03. The number of nitrogens with zero attached hydrogens (tertiary/aromatic N) is 1. The molecular formula is C24H13Cl2NO2. The van der Waals surface area contributed by atoms with E-state index >= 15 is 0 Å². The minimum Gasteiger partial charge on any atom is -0.402 e. The number of benzene rings is 4. The maximum absolute atomic E-state index is 12.5. The van der Waals surface area contributed by atoms with Crippen LogP contribution in [0.1, 0.15) is 11.1 Å². The molecule has 4 aromatic carbocycles. The van der Waals surface area contributed by atoms with Gasteiger partial charge in [-0.15, -0.1) is 0 Å². The lowest BCUT2D eigenvalue weighted by atomic mass is 9.96. The standard InChI is InChI=1S/C24H13Cl2NO2/c25-16-9-10-19(21(26)12-16)23-27-22(24(28)29-23)13-20-17-7-3-1-5-14(17)11-15-6-2-4-8-18(15)20/h1-13H/b22-13-. The molecule has 0 bridgehead atoms. The molecule has 0 radical (unpaired) electrons. The van der Waals surface area contributed by atoms with Crippen LogP contribution in [-0.2, 0) is 9.53 Å². The Kier molecular flexibility index (Phi) is 4.35. The Labute approximate surface area is 176 Å². The first-order chi connectivity index (χ1) is 14.1. The maximum Gasteiger partial charge on any atom is 0.363 e. The third-order valence-electron chi connectivity index (χ3n) is 4.88. The molecule has 140 valence electrons. The van der Waals surface area contributed by atoms with E-state index < -0.39 is 5.97 Å². The molecule has 0 saturated carbocycles. The largest absolute Gasteiger partial charge is 0.402 e. The van der Waals surface area contributed by atoms with Crippen LogP contribution in [0.3, 0.4) is 0 Å². The van der Waals surface area contributed by atoms with E-state index in [1.807, 2.05) is 36.4 Å². The van der Waals surface area contributed by atoms with Gasteiger partial charge in [-0.1, -0.05) is 71.7 Å². The summed E-state index contributed by atoms with van der Waals surface area (Å²) in [5.74, 6) is -0.338. The van der Waals surface area contributed by atoms with Crippen molar-refractivity contribution in [1.82, 2.24) is 0 Å². The fourth-order valence-electron chi connectivity index (χ4n) is 3.53. The number of cyclic esters (lactones) is 1. The van der Waals surface area contributed by atoms with Gasteiger partial charge in [0.25, 0.3) is 0 Å². The van der Waals surface area contributed by atoms with Gasteiger partial charge < -0.3 is 4.74 Å². The van der Waals surface area contributed by atoms with Crippen molar-refractivity contribution in [3.63, 3.8) is 0 Å². The molecule has 1 heterocycles. The third kappa shape index (κ3) is 3.19. The van der Waals surface area contributed by atoms with Crippen LogP contribution in [0.4, 0.5) is 0 Å². The van der Waals surface area contributed by atoms with Crippen molar-refractivity contribution < 1.29 is 9.53 Å². The van der Waals surface area contributed by atoms with Gasteiger partial charge in [0.15, 0.2) is 5.70 Å². The third-order valence-corrected chi connectivity index (χ3v) is 5.42. The van der Waals surface area contributed by atoms with E-state index in [0.717, 1.165) is 27.1 Å². The molecule has 0 aromatic heterocycles. The minimum atomic E-state index is -0.511. The fourth-order valence-corrected chi connectivity index (χ4v) is 4.02. The zero-order valence-corrected chi connectivity index (χ0v) is 16.5. The number of hydrogen-bond donors (Lipinski definition) is 0. The lowest BCUT2D eigenvalue weighted by molar-refractivity contribution is -0.129. The summed E-state index contributed by atoms with van der Waals surface area (Å²) in [6.07, 6.45) is 1.78. The van der Waals surface area contributed by atoms with E-state index in [1.54, 1.807) is 24.3 Å². The van der Waals surface area contributed by atoms with Crippen LogP contribution < -0.4 is 0 Å². The Bertz CT molecular complexity index is 1320. The molecule has 0 N–H and O–H groups in total. The van der Waals surface area contributed by atoms with Gasteiger partial charge in [0.05, 0.1) is 10.6 Å². The molecule has 1 aliphatic heterocycles. The highest BCUT2D eigenvalue weighted by Crippen LogP contribution is 2.32. The molecule has 0 amide bonds. The van der Waals surface area contributed by atoms with Crippen molar-refractivity contribution in [3.05, 3.63) is 99.7 Å². The fraction of sp³-hybridized carbons (Fsp3) is 0. The van der Waals surface area contributed by atoms with Crippen LogP contribution in [0.2, 0.25) is 10.0 Å². The van der Waals surface area contributed by atoms with Crippen molar-refractivity contribution in [3.8, 4) is 0 Å². The highest BCUT2D eigenvalue weighted by Gasteiger charge is 2.26. The number of rotatable bonds is 2. The topological polar surface area (TPSA) is 38.7 Å². The molecule has 5 heteroatoms. The first kappa shape index (κ1) is 17.9. The van der Waals surface area contributed by atoms with Crippen LogP contribution in [0.15, 0.2) is 83.5 Å². The summed E-state index contributed by atoms with van der Waals surface area (Å²) < 4.78 is 5.39. The van der Waals surface area contributed by atoms with E-state index in [4.69, 9.17) is 27.9 Å². The number of carbonyl (C=O) groups excluding carboxylic acids is 1. The van der Waals surface area contributed by atoms with Crippen molar-refractivity contribution in [2.45, 2.75) is 0 Å². The van der Waals surface area contributed by atoms with Crippen molar-refractivity contribution >= 4 is 62.7 Å². The first-order valence-electron chi connectivity index (χ1n) is 8.98. The Morgan fingerprint density at radius 1 is 0.828 bits per heavy atom. The van der Waals surface area contributed by atoms with Gasteiger partial charge in [0, 0.05) is 5.02 Å². The van der Waals surface area contributed by atoms with Crippen LogP contribution in [-0.4, -0.2) is 11.9 Å². The molecule has 0 saturated heterocycles. The number of halogens is 2. The Morgan fingerprint density at radius 2 is 1.48 bits per heavy atom. The summed E-state index contributed by atoms with van der Waals surface area (Å²) in [4.78, 5) is 17.0. The summed E-state index contributed by atoms with van der Waals surface area (Å²) in [7, 11) is 0. The molecule has 29 heavy (non-hydrogen) atoms. The quantitative estimate of drug-likeness (QED) is 0.208. The van der Waals surface area contributed by atoms with Crippen molar-refractivity contribution in [2.24, 2.45) is 4.99 Å². The molecule has 0 unspecified atom stereocenters. The average Bonchev–Trinajstić information content (AvgIpc) is 3.08. The molecule has 4 aromatic rings. The van der Waals surface area contributed by atoms with E-state index in [2.05, 4.69) is 23.2 Å². The molecule has 5 rings (SSSR count). The van der Waals surface area contributed by atoms with E-state index in [-0.39, 0.29) is 11.6 Å². The van der Waals surface area contributed by atoms with Gasteiger partial charge in [-0.2, -0.15) is 0 Å². The molecule has 0 atom stereocenters. The Morgan fingerprint density at radius 3 is 2.14 bits per heavy atom. The number of fused-ring (bicyclic) bond motifs is 2. The van der Waals surface area contributed by atoms with Crippen LogP contribution in [0, 0.1) is 0 Å². The maximum atomic E-state index is 12.5. The highest BCUT2D eigenvalue weighted by atomic mass is 35.5. The average molecular weight is 418 g/mol. The lowest BCUT2D eigenvalue weighted by Crippen LogP contribution is -2.05. The SMILES string of the molecule is O=C1OC(c2ccc(Cl)cc2Cl)=N/C1=C\c1c2ccccc2cc2ccccc12. The van der Waals surface area contributed by atoms with Crippen LogP contribution in [0.25, 0.3) is 27.6 Å². The Balaban J connectivity index is 1.71. The van der Waals surface area contributed by atoms with Crippen molar-refractivity contribution in [2.75, 3.05) is 0 Å². The highest BCUT2D eigenvalue weighted by molar-refractivity contribution is 6.37. The smallest absolute Gasteiger partial charge is 0.363 e. The van der Waals surface area contributed by atoms with Gasteiger partial charge >= 0.3 is 5.97 Å². The molecule has 0 aliphatic carbocycles. The normalized spacial score (nSPS) is 15.2. The van der Waals surface area contributed by atoms with Gasteiger partial charge in [0.2, 0.25) is 5.90 Å². The lowest BCUT2D eigenvalue weighted by Gasteiger charge is -2.08. The molecule has 3 nitrogen and oxygen atoms in total. The number of aliphatic imine (C=N–C) groups is 1. The zero-order valence-electron chi connectivity index (χ0n) is 15.0. The summed E-state index contributed by atoms with van der Waals surface area (Å²) in [5, 5.41) is 5.14. The van der Waals surface area contributed by atoms with E-state index in [1.165, 1.54) is 0 Å². The van der Waals surface area contributed by atoms with Crippen molar-refractivity contribution in [1.29, 1.82) is 0 Å². The molecule has 0 spiro atoms. The summed E-state index contributed by atoms with van der Waals surface area (Å²) in [6, 6.07) is 23.2. The number of hydrogen-bond acceptors (Lipinski definition) is 3. The predicted molar refractivity (Wildman–Crippen MR) is 119 cm³/mol. The monoisotopic (exact) mass is 417 g/mol. The van der Waals surface area contributed by atoms with E-state index in [0.29, 0.717) is 15.6 Å².